The Hall–Kier alpha value is -3.05. The Balaban J connectivity index is 1.84. The molecule has 1 fully saturated rings. The summed E-state index contributed by atoms with van der Waals surface area (Å²) in [5.41, 5.74) is 2.30. The number of hydroxylamine groups is 1. The van der Waals surface area contributed by atoms with Crippen molar-refractivity contribution in [2.75, 3.05) is 12.9 Å². The number of aryl methyl sites for hydroxylation is 1. The lowest BCUT2D eigenvalue weighted by Crippen LogP contribution is -2.49. The Kier molecular flexibility index (Phi) is 6.01. The van der Waals surface area contributed by atoms with Gasteiger partial charge in [-0.2, -0.15) is 0 Å². The average molecular weight is 446 g/mol. The largest absolute Gasteiger partial charge is 0.419 e. The molecule has 0 unspecified atom stereocenters. The smallest absolute Gasteiger partial charge is 0.408 e. The predicted molar refractivity (Wildman–Crippen MR) is 112 cm³/mol. The SMILES string of the molecule is C[C@@](CCn1c(=O)oc2cc(C#CC#CC3(CO)CC3)ccc21)(C(=O)NO)S(C)(=O)=O. The highest BCUT2D eigenvalue weighted by Crippen LogP contribution is 2.44. The third-order valence-electron chi connectivity index (χ3n) is 5.63. The van der Waals surface area contributed by atoms with E-state index < -0.39 is 26.2 Å². The Morgan fingerprint density at radius 3 is 2.65 bits per heavy atom. The van der Waals surface area contributed by atoms with Gasteiger partial charge in [0.05, 0.1) is 17.5 Å². The lowest BCUT2D eigenvalue weighted by molar-refractivity contribution is -0.131. The Bertz CT molecular complexity index is 1310. The number of benzene rings is 1. The van der Waals surface area contributed by atoms with Crippen molar-refractivity contribution in [2.24, 2.45) is 5.41 Å². The van der Waals surface area contributed by atoms with E-state index in [9.17, 15) is 23.1 Å². The van der Waals surface area contributed by atoms with Crippen LogP contribution in [0, 0.1) is 29.1 Å². The molecule has 31 heavy (non-hydrogen) atoms. The standard InChI is InChI=1S/C21H22N2O7S/c1-20(18(25)22-27,31(2,28)29)11-12-23-16-7-6-15(13-17(16)30-19(23)26)5-3-4-8-21(14-24)9-10-21/h6-7,13,24,27H,9-12,14H2,1-2H3,(H,22,25)/t20-/m1/s1. The molecule has 1 aliphatic rings. The molecular formula is C21H22N2O7S. The van der Waals surface area contributed by atoms with Crippen molar-refractivity contribution >= 4 is 26.8 Å². The summed E-state index contributed by atoms with van der Waals surface area (Å²) in [6, 6.07) is 4.84. The van der Waals surface area contributed by atoms with Crippen LogP contribution in [0.25, 0.3) is 11.1 Å². The molecule has 2 aromatic rings. The Labute approximate surface area is 178 Å². The maximum atomic E-state index is 12.3. The van der Waals surface area contributed by atoms with Gasteiger partial charge in [-0.15, -0.1) is 0 Å². The van der Waals surface area contributed by atoms with Gasteiger partial charge in [0.1, 0.15) is 0 Å². The molecule has 0 aliphatic heterocycles. The van der Waals surface area contributed by atoms with Gasteiger partial charge in [0.25, 0.3) is 5.91 Å². The number of oxazole rings is 1. The number of hydrogen-bond acceptors (Lipinski definition) is 7. The fourth-order valence-corrected chi connectivity index (χ4v) is 3.85. The number of sulfone groups is 1. The van der Waals surface area contributed by atoms with E-state index in [1.54, 1.807) is 18.2 Å². The van der Waals surface area contributed by atoms with Crippen molar-refractivity contribution in [2.45, 2.75) is 37.5 Å². The summed E-state index contributed by atoms with van der Waals surface area (Å²) >= 11 is 0. The molecule has 1 aromatic carbocycles. The molecule has 1 heterocycles. The minimum absolute atomic E-state index is 0.0185. The number of hydrogen-bond donors (Lipinski definition) is 3. The van der Waals surface area contributed by atoms with Crippen molar-refractivity contribution in [3.05, 3.63) is 34.3 Å². The lowest BCUT2D eigenvalue weighted by atomic mass is 10.1. The second kappa shape index (κ2) is 8.23. The van der Waals surface area contributed by atoms with Crippen LogP contribution in [0.4, 0.5) is 0 Å². The second-order valence-corrected chi connectivity index (χ2v) is 10.3. The van der Waals surface area contributed by atoms with Crippen LogP contribution in [0.2, 0.25) is 0 Å². The summed E-state index contributed by atoms with van der Waals surface area (Å²) in [7, 11) is -3.89. The zero-order valence-electron chi connectivity index (χ0n) is 17.1. The van der Waals surface area contributed by atoms with Crippen molar-refractivity contribution in [1.29, 1.82) is 0 Å². The van der Waals surface area contributed by atoms with Crippen molar-refractivity contribution in [3.63, 3.8) is 0 Å². The Morgan fingerprint density at radius 2 is 2.06 bits per heavy atom. The van der Waals surface area contributed by atoms with E-state index in [4.69, 9.17) is 9.62 Å². The number of nitrogens with one attached hydrogen (secondary N) is 1. The van der Waals surface area contributed by atoms with E-state index in [-0.39, 0.29) is 30.6 Å². The molecule has 1 atom stereocenters. The van der Waals surface area contributed by atoms with Gasteiger partial charge in [-0.25, -0.2) is 18.7 Å². The molecule has 3 rings (SSSR count). The number of rotatable bonds is 6. The zero-order chi connectivity index (χ0) is 22.9. The van der Waals surface area contributed by atoms with E-state index in [1.165, 1.54) is 17.0 Å². The van der Waals surface area contributed by atoms with Gasteiger partial charge in [0, 0.05) is 18.4 Å². The molecule has 164 valence electrons. The quantitative estimate of drug-likeness (QED) is 0.332. The lowest BCUT2D eigenvalue weighted by Gasteiger charge is -2.24. The van der Waals surface area contributed by atoms with E-state index >= 15 is 0 Å². The normalized spacial score (nSPS) is 16.4. The molecule has 10 heteroatoms. The molecule has 1 aliphatic carbocycles. The van der Waals surface area contributed by atoms with Gasteiger partial charge in [-0.05, 0) is 56.2 Å². The number of carbonyl (C=O) groups is 1. The molecule has 9 nitrogen and oxygen atoms in total. The van der Waals surface area contributed by atoms with Crippen molar-refractivity contribution in [3.8, 4) is 23.7 Å². The molecule has 3 N–H and O–H groups in total. The first-order valence-corrected chi connectivity index (χ1v) is 11.4. The third-order valence-corrected chi connectivity index (χ3v) is 7.66. The van der Waals surface area contributed by atoms with Gasteiger partial charge < -0.3 is 9.52 Å². The number of nitrogens with zero attached hydrogens (tertiary/aromatic N) is 1. The summed E-state index contributed by atoms with van der Waals surface area (Å²) in [5, 5.41) is 18.2. The van der Waals surface area contributed by atoms with Gasteiger partial charge >= 0.3 is 5.76 Å². The first-order chi connectivity index (χ1) is 14.5. The van der Waals surface area contributed by atoms with Crippen LogP contribution in [0.1, 0.15) is 31.7 Å². The first kappa shape index (κ1) is 22.6. The van der Waals surface area contributed by atoms with Crippen LogP contribution >= 0.6 is 0 Å². The minimum Gasteiger partial charge on any atom is -0.408 e. The summed E-state index contributed by atoms with van der Waals surface area (Å²) in [6.07, 6.45) is 2.36. The van der Waals surface area contributed by atoms with Gasteiger partial charge in [0.15, 0.2) is 20.2 Å². The monoisotopic (exact) mass is 446 g/mol. The molecule has 0 saturated heterocycles. The van der Waals surface area contributed by atoms with Crippen LogP contribution < -0.4 is 11.2 Å². The topological polar surface area (TPSA) is 139 Å². The highest BCUT2D eigenvalue weighted by Gasteiger charge is 2.43. The van der Waals surface area contributed by atoms with Crippen molar-refractivity contribution in [1.82, 2.24) is 10.0 Å². The van der Waals surface area contributed by atoms with E-state index in [0.29, 0.717) is 11.1 Å². The summed E-state index contributed by atoms with van der Waals surface area (Å²) < 4.78 is 28.7. The van der Waals surface area contributed by atoms with Crippen LogP contribution in [0.15, 0.2) is 27.4 Å². The first-order valence-electron chi connectivity index (χ1n) is 9.47. The van der Waals surface area contributed by atoms with Gasteiger partial charge in [-0.1, -0.05) is 11.8 Å². The van der Waals surface area contributed by atoms with Gasteiger partial charge in [-0.3, -0.25) is 14.6 Å². The number of amides is 1. The highest BCUT2D eigenvalue weighted by atomic mass is 32.2. The fourth-order valence-electron chi connectivity index (χ4n) is 3.01. The van der Waals surface area contributed by atoms with Crippen LogP contribution in [0.3, 0.4) is 0 Å². The number of carbonyl (C=O) groups excluding carboxylic acids is 1. The second-order valence-electron chi connectivity index (χ2n) is 7.83. The molecule has 1 saturated carbocycles. The number of fused-ring (bicyclic) bond motifs is 1. The van der Waals surface area contributed by atoms with Crippen LogP contribution in [-0.4, -0.2) is 46.8 Å². The maximum Gasteiger partial charge on any atom is 0.419 e. The van der Waals surface area contributed by atoms with Crippen molar-refractivity contribution < 1.29 is 27.9 Å². The summed E-state index contributed by atoms with van der Waals surface area (Å²) in [4.78, 5) is 24.2. The summed E-state index contributed by atoms with van der Waals surface area (Å²) in [6.45, 7) is 1.08. The predicted octanol–water partition coefficient (Wildman–Crippen LogP) is 0.421. The fraction of sp³-hybridized carbons (Fsp3) is 0.429. The molecule has 0 radical (unpaired) electrons. The Morgan fingerprint density at radius 1 is 1.35 bits per heavy atom. The van der Waals surface area contributed by atoms with E-state index in [1.807, 2.05) is 0 Å². The molecular weight excluding hydrogens is 424 g/mol. The van der Waals surface area contributed by atoms with E-state index in [2.05, 4.69) is 23.7 Å². The number of aromatic nitrogens is 1. The molecule has 1 aromatic heterocycles. The molecule has 0 bridgehead atoms. The van der Waals surface area contributed by atoms with E-state index in [0.717, 1.165) is 19.1 Å². The number of aliphatic hydroxyl groups excluding tert-OH is 1. The van der Waals surface area contributed by atoms with Gasteiger partial charge in [0.2, 0.25) is 0 Å². The highest BCUT2D eigenvalue weighted by molar-refractivity contribution is 7.92. The average Bonchev–Trinajstić information content (AvgIpc) is 3.44. The number of aliphatic hydroxyl groups is 1. The molecule has 0 spiro atoms. The zero-order valence-corrected chi connectivity index (χ0v) is 17.9. The van der Waals surface area contributed by atoms with Crippen LogP contribution in [-0.2, 0) is 21.2 Å². The molecule has 1 amide bonds. The van der Waals surface area contributed by atoms with Crippen LogP contribution in [0.5, 0.6) is 0 Å². The maximum absolute atomic E-state index is 12.3. The minimum atomic E-state index is -3.89. The third kappa shape index (κ3) is 4.52. The summed E-state index contributed by atoms with van der Waals surface area (Å²) in [5.74, 6) is 9.46.